The van der Waals surface area contributed by atoms with Gasteiger partial charge >= 0.3 is 6.18 Å². The van der Waals surface area contributed by atoms with Crippen LogP contribution in [0.25, 0.3) is 11.1 Å². The zero-order chi connectivity index (χ0) is 38.0. The minimum Gasteiger partial charge on any atom is -0.542 e. The van der Waals surface area contributed by atoms with Crippen LogP contribution in [0, 0.1) is 5.82 Å². The maximum atomic E-state index is 15.0. The molecule has 0 bridgehead atoms. The first-order valence-electron chi connectivity index (χ1n) is 17.8. The van der Waals surface area contributed by atoms with Gasteiger partial charge in [0, 0.05) is 75.1 Å². The largest absolute Gasteiger partial charge is 0.542 e. The number of halogens is 4. The number of nitrogens with zero attached hydrogens (tertiary/aromatic N) is 3. The van der Waals surface area contributed by atoms with Crippen LogP contribution in [0.5, 0.6) is 0 Å². The van der Waals surface area contributed by atoms with Crippen LogP contribution in [0.3, 0.4) is 0 Å². The third-order valence-corrected chi connectivity index (χ3v) is 9.73. The molecule has 2 aliphatic heterocycles. The highest BCUT2D eigenvalue weighted by molar-refractivity contribution is 5.94. The average molecular weight is 734 g/mol. The van der Waals surface area contributed by atoms with Gasteiger partial charge in [-0.15, -0.1) is 0 Å². The number of aliphatic carboxylic acids is 1. The number of carboxylic acid groups (broad SMARTS) is 1. The van der Waals surface area contributed by atoms with E-state index in [1.54, 1.807) is 6.07 Å². The van der Waals surface area contributed by atoms with Gasteiger partial charge in [0.05, 0.1) is 20.1 Å². The average Bonchev–Trinajstić information content (AvgIpc) is 3.13. The van der Waals surface area contributed by atoms with Crippen molar-refractivity contribution in [1.82, 2.24) is 20.4 Å². The summed E-state index contributed by atoms with van der Waals surface area (Å²) >= 11 is 0. The molecular formula is C41H47F4N5O3. The van der Waals surface area contributed by atoms with Gasteiger partial charge in [-0.2, -0.15) is 13.2 Å². The fourth-order valence-electron chi connectivity index (χ4n) is 6.84. The number of likely N-dealkylation sites (N-methyl/N-ethyl adjacent to an activating group) is 1. The molecule has 0 saturated carbocycles. The number of carbonyl (C=O) groups is 2. The third-order valence-electron chi connectivity index (χ3n) is 9.73. The molecule has 2 saturated heterocycles. The van der Waals surface area contributed by atoms with Crippen LogP contribution in [-0.2, 0) is 31.0 Å². The zero-order valence-electron chi connectivity index (χ0n) is 30.2. The number of carbonyl (C=O) groups excluding carboxylic acids is 2. The predicted octanol–water partition coefficient (Wildman–Crippen LogP) is 4.98. The minimum absolute atomic E-state index is 0.120. The molecule has 1 amide bonds. The second-order valence-corrected chi connectivity index (χ2v) is 14.3. The number of quaternary nitrogens is 1. The Hall–Kier alpha value is -4.62. The van der Waals surface area contributed by atoms with Gasteiger partial charge in [0.15, 0.2) is 0 Å². The Morgan fingerprint density at radius 3 is 2.15 bits per heavy atom. The lowest BCUT2D eigenvalue weighted by Gasteiger charge is -2.42. The number of rotatable bonds is 10. The van der Waals surface area contributed by atoms with Crippen molar-refractivity contribution in [3.8, 4) is 11.1 Å². The SMILES string of the molecule is C[C@H]1CN(Cc2cccc(-c3cc(CNC(=O)c4cccc(CN5CC[N+](C)(Cc6ccccc6)CC5)c4)ccc3F)c2)CCN1.O=C([O-])C(F)(F)F. The Kier molecular flexibility index (Phi) is 13.4. The molecule has 0 radical (unpaired) electrons. The molecule has 2 heterocycles. The fourth-order valence-corrected chi connectivity index (χ4v) is 6.84. The van der Waals surface area contributed by atoms with E-state index in [9.17, 15) is 18.0 Å². The van der Waals surface area contributed by atoms with Crippen LogP contribution in [-0.4, -0.2) is 91.2 Å². The number of nitrogens with one attached hydrogen (secondary N) is 2. The van der Waals surface area contributed by atoms with E-state index < -0.39 is 12.1 Å². The fraction of sp³-hybridized carbons (Fsp3) is 0.366. The normalized spacial score (nSPS) is 17.7. The van der Waals surface area contributed by atoms with Crippen molar-refractivity contribution in [2.24, 2.45) is 0 Å². The van der Waals surface area contributed by atoms with Gasteiger partial charge in [-0.3, -0.25) is 14.6 Å². The van der Waals surface area contributed by atoms with Gasteiger partial charge < -0.3 is 25.0 Å². The van der Waals surface area contributed by atoms with Crippen LogP contribution >= 0.6 is 0 Å². The molecule has 0 spiro atoms. The van der Waals surface area contributed by atoms with E-state index in [1.165, 1.54) is 17.2 Å². The molecule has 2 fully saturated rings. The van der Waals surface area contributed by atoms with Crippen LogP contribution in [0.2, 0.25) is 0 Å². The van der Waals surface area contributed by atoms with E-state index in [2.05, 4.69) is 82.9 Å². The molecule has 53 heavy (non-hydrogen) atoms. The first kappa shape index (κ1) is 39.6. The first-order chi connectivity index (χ1) is 25.3. The Bertz CT molecular complexity index is 1830. The van der Waals surface area contributed by atoms with Gasteiger partial charge in [-0.1, -0.05) is 66.7 Å². The van der Waals surface area contributed by atoms with Gasteiger partial charge in [0.2, 0.25) is 0 Å². The summed E-state index contributed by atoms with van der Waals surface area (Å²) in [6.45, 7) is 12.5. The van der Waals surface area contributed by atoms with Crippen molar-refractivity contribution in [2.45, 2.75) is 45.3 Å². The van der Waals surface area contributed by atoms with Crippen molar-refractivity contribution >= 4 is 11.9 Å². The summed E-state index contributed by atoms with van der Waals surface area (Å²) in [5, 5.41) is 15.3. The summed E-state index contributed by atoms with van der Waals surface area (Å²) < 4.78 is 47.6. The molecule has 2 N–H and O–H groups in total. The molecular weight excluding hydrogens is 686 g/mol. The van der Waals surface area contributed by atoms with Crippen LogP contribution in [0.1, 0.15) is 39.5 Å². The Morgan fingerprint density at radius 2 is 1.47 bits per heavy atom. The van der Waals surface area contributed by atoms with Crippen molar-refractivity contribution in [1.29, 1.82) is 0 Å². The van der Waals surface area contributed by atoms with E-state index in [1.807, 2.05) is 36.4 Å². The van der Waals surface area contributed by atoms with E-state index in [4.69, 9.17) is 9.90 Å². The second kappa shape index (κ2) is 17.9. The highest BCUT2D eigenvalue weighted by atomic mass is 19.4. The monoisotopic (exact) mass is 733 g/mol. The quantitative estimate of drug-likeness (QED) is 0.177. The van der Waals surface area contributed by atoms with Crippen molar-refractivity contribution in [3.63, 3.8) is 0 Å². The number of hydrogen-bond donors (Lipinski definition) is 2. The van der Waals surface area contributed by atoms with Gasteiger partial charge in [-0.05, 0) is 59.5 Å². The third kappa shape index (κ3) is 11.9. The lowest BCUT2D eigenvalue weighted by molar-refractivity contribution is -0.926. The van der Waals surface area contributed by atoms with Crippen molar-refractivity contribution in [2.75, 3.05) is 52.9 Å². The van der Waals surface area contributed by atoms with Crippen LogP contribution in [0.15, 0.2) is 97.1 Å². The van der Waals surface area contributed by atoms with Gasteiger partial charge in [0.25, 0.3) is 5.91 Å². The summed E-state index contributed by atoms with van der Waals surface area (Å²) in [6.07, 6.45) is -5.19. The maximum Gasteiger partial charge on any atom is 0.430 e. The summed E-state index contributed by atoms with van der Waals surface area (Å²) in [5.74, 6) is -3.38. The van der Waals surface area contributed by atoms with Crippen molar-refractivity contribution in [3.05, 3.63) is 131 Å². The highest BCUT2D eigenvalue weighted by Gasteiger charge is 2.30. The second-order valence-electron chi connectivity index (χ2n) is 14.3. The van der Waals surface area contributed by atoms with Crippen molar-refractivity contribution < 1.29 is 36.7 Å². The number of carboxylic acids is 1. The molecule has 282 valence electrons. The molecule has 1 atom stereocenters. The molecule has 4 aromatic carbocycles. The summed E-state index contributed by atoms with van der Waals surface area (Å²) in [4.78, 5) is 26.9. The number of amides is 1. The lowest BCUT2D eigenvalue weighted by atomic mass is 10.00. The highest BCUT2D eigenvalue weighted by Crippen LogP contribution is 2.26. The molecule has 2 aliphatic rings. The van der Waals surface area contributed by atoms with E-state index in [0.717, 1.165) is 86.6 Å². The maximum absolute atomic E-state index is 15.0. The Balaban J connectivity index is 0.000000705. The molecule has 8 nitrogen and oxygen atoms in total. The number of benzene rings is 4. The van der Waals surface area contributed by atoms with Gasteiger partial charge in [0.1, 0.15) is 18.3 Å². The van der Waals surface area contributed by atoms with E-state index >= 15 is 4.39 Å². The van der Waals surface area contributed by atoms with Crippen LogP contribution in [0.4, 0.5) is 17.6 Å². The Labute approximate surface area is 308 Å². The number of alkyl halides is 3. The zero-order valence-corrected chi connectivity index (χ0v) is 30.2. The summed E-state index contributed by atoms with van der Waals surface area (Å²) in [5.41, 5.74) is 6.64. The van der Waals surface area contributed by atoms with E-state index in [-0.39, 0.29) is 11.7 Å². The molecule has 12 heteroatoms. The summed E-state index contributed by atoms with van der Waals surface area (Å²) in [7, 11) is 2.35. The molecule has 0 unspecified atom stereocenters. The predicted molar refractivity (Wildman–Crippen MR) is 195 cm³/mol. The van der Waals surface area contributed by atoms with Crippen LogP contribution < -0.4 is 15.7 Å². The minimum atomic E-state index is -5.19. The summed E-state index contributed by atoms with van der Waals surface area (Å²) in [6, 6.07) is 32.4. The van der Waals surface area contributed by atoms with E-state index in [0.29, 0.717) is 23.7 Å². The lowest BCUT2D eigenvalue weighted by Crippen LogP contribution is -2.56. The molecule has 4 aromatic rings. The molecule has 0 aliphatic carbocycles. The van der Waals surface area contributed by atoms with Gasteiger partial charge in [-0.25, -0.2) is 4.39 Å². The smallest absolute Gasteiger partial charge is 0.430 e. The topological polar surface area (TPSA) is 87.7 Å². The first-order valence-corrected chi connectivity index (χ1v) is 17.8. The number of piperazine rings is 2. The molecule has 0 aromatic heterocycles. The number of hydrogen-bond acceptors (Lipinski definition) is 6. The standard InChI is InChI=1S/C39H46FN5O.C2HF3O2/c1-30-26-44(17-16-41-30)28-33-10-6-12-35(22-33)37-24-32(14-15-38(37)40)25-42-39(46)36-13-7-11-34(23-36)27-43-18-20-45(2,21-19-43)29-31-8-4-3-5-9-31;3-2(4,5)1(6)7/h3-15,22-24,30,41H,16-21,25-29H2,1-2H3;(H,6,7)/t30-;/m0./s1. The Morgan fingerprint density at radius 1 is 0.830 bits per heavy atom. The molecule has 6 rings (SSSR count).